The zero-order valence-electron chi connectivity index (χ0n) is 71.5. The first-order chi connectivity index (χ1) is 47.1. The number of hydrogen-bond acceptors (Lipinski definition) is 2. The van der Waals surface area contributed by atoms with E-state index in [1.165, 1.54) is 0 Å². The molecular weight excluding hydrogens is 739 g/mol. The van der Waals surface area contributed by atoms with Crippen LogP contribution in [0.4, 0.5) is 17.1 Å². The van der Waals surface area contributed by atoms with Crippen LogP contribution in [0, 0.1) is 0 Å². The highest BCUT2D eigenvalue weighted by molar-refractivity contribution is 6.19. The van der Waals surface area contributed by atoms with Crippen molar-refractivity contribution in [3.8, 4) is 33.4 Å². The molecule has 61 heavy (non-hydrogen) atoms. The van der Waals surface area contributed by atoms with Crippen molar-refractivity contribution in [2.24, 2.45) is 0 Å². The molecule has 2 unspecified atom stereocenters. The quantitative estimate of drug-likeness (QED) is 0.166. The number of fused-ring (bicyclic) bond motifs is 9. The van der Waals surface area contributed by atoms with Crippen molar-refractivity contribution in [2.45, 2.75) is 31.9 Å². The van der Waals surface area contributed by atoms with Crippen LogP contribution >= 0.6 is 0 Å². The van der Waals surface area contributed by atoms with E-state index in [4.69, 9.17) is 41.4 Å². The molecule has 2 aliphatic rings. The fourth-order valence-electron chi connectivity index (χ4n) is 7.21. The summed E-state index contributed by atoms with van der Waals surface area (Å²) in [6.45, 7) is -8.19. The van der Waals surface area contributed by atoms with E-state index in [9.17, 15) is 19.2 Å². The normalized spacial score (nSPS) is 26.9. The molecule has 0 amide bonds. The molecule has 2 aliphatic carbocycles. The van der Waals surface area contributed by atoms with Gasteiger partial charge in [-0.2, -0.15) is 0 Å². The van der Waals surface area contributed by atoms with Crippen molar-refractivity contribution in [3.63, 3.8) is 0 Å². The van der Waals surface area contributed by atoms with Crippen molar-refractivity contribution < 1.29 is 60.6 Å². The van der Waals surface area contributed by atoms with E-state index in [0.29, 0.717) is 0 Å². The molecule has 0 spiro atoms. The number of anilines is 3. The maximum absolute atomic E-state index is 10.3. The second kappa shape index (κ2) is 13.8. The molecule has 0 aliphatic heterocycles. The van der Waals surface area contributed by atoms with Gasteiger partial charge in [0.25, 0.3) is 0 Å². The Bertz CT molecular complexity index is 5650. The predicted molar refractivity (Wildman–Crippen MR) is 258 cm³/mol. The number of hydrogen-bond donors (Lipinski definition) is 0. The lowest BCUT2D eigenvalue weighted by Gasteiger charge is -2.29. The van der Waals surface area contributed by atoms with E-state index in [0.717, 1.165) is 0 Å². The van der Waals surface area contributed by atoms with Crippen LogP contribution in [0.5, 0.6) is 0 Å². The monoisotopic (exact) mass is 823 g/mol. The molecule has 0 saturated carbocycles. The maximum atomic E-state index is 10.3. The molecule has 2 atom stereocenters. The SMILES string of the molecule is [2H]C1=C([2H])C([2H])C([2H])C([2H])=C1c1c([2H])c(-c2c([2H])c([2H])c([2H])c([2H])c2[2H])c([2H])c(-c2c([2H])c3c(oc4c([2H])c(N(c5c([2H])c([2H])c6c(c5[2H])C(C([2H])([2H])[2H])(C([2H])([2H])[2H])c5c([2H])c([2H])c([2H])c([2H])c5-6)c5c([2H])c([2H])c([2H])c6c([2H])c([2H])c([2H])c([2H])c56)c([2H])c([2H])c43)c3c([2H])c([2H])c([2H])c([2H])c23)c1[2H]. The summed E-state index contributed by atoms with van der Waals surface area (Å²) >= 11 is 0. The summed E-state index contributed by atoms with van der Waals surface area (Å²) in [6, 6.07) is -39.3. The Morgan fingerprint density at radius 3 is 2.15 bits per heavy atom. The summed E-state index contributed by atoms with van der Waals surface area (Å²) in [5.41, 5.74) is -20.6. The van der Waals surface area contributed by atoms with E-state index in [2.05, 4.69) is 0 Å². The van der Waals surface area contributed by atoms with Gasteiger partial charge in [-0.25, -0.2) is 0 Å². The van der Waals surface area contributed by atoms with Crippen LogP contribution in [-0.2, 0) is 5.41 Å². The van der Waals surface area contributed by atoms with Gasteiger partial charge in [0, 0.05) is 55.3 Å². The average Bonchev–Trinajstić information content (AvgIpc) is 1.48. The van der Waals surface area contributed by atoms with Gasteiger partial charge < -0.3 is 9.32 Å². The molecule has 2 heteroatoms. The lowest BCUT2D eigenvalue weighted by molar-refractivity contribution is 0.660. The summed E-state index contributed by atoms with van der Waals surface area (Å²) in [5, 5.41) is -5.58. The number of rotatable bonds is 6. The van der Waals surface area contributed by atoms with Crippen molar-refractivity contribution >= 4 is 66.1 Å². The Labute approximate surface area is 413 Å². The van der Waals surface area contributed by atoms with Gasteiger partial charge in [-0.05, 0) is 134 Å². The molecular formula is C59H43NO. The Morgan fingerprint density at radius 2 is 1.25 bits per heavy atom. The fourth-order valence-corrected chi connectivity index (χ4v) is 7.21. The molecule has 1 aromatic heterocycles. The molecule has 0 bridgehead atoms. The van der Waals surface area contributed by atoms with Gasteiger partial charge in [0.05, 0.1) is 50.9 Å². The van der Waals surface area contributed by atoms with E-state index in [1.54, 1.807) is 0 Å². The Morgan fingerprint density at radius 1 is 0.525 bits per heavy atom. The molecule has 0 radical (unpaired) electrons. The Kier molecular flexibility index (Phi) is 3.01. The maximum Gasteiger partial charge on any atom is 0.143 e. The molecule has 9 aromatic carbocycles. The minimum absolute atomic E-state index is 0.214. The topological polar surface area (TPSA) is 16.4 Å². The third-order valence-corrected chi connectivity index (χ3v) is 9.90. The molecule has 12 rings (SSSR count). The van der Waals surface area contributed by atoms with Crippen molar-refractivity contribution in [1.82, 2.24) is 0 Å². The fraction of sp³-hybridized carbons (Fsp3) is 0.0847. The highest BCUT2D eigenvalue weighted by Gasteiger charge is 2.36. The molecule has 290 valence electrons. The Hall–Kier alpha value is -7.42. The van der Waals surface area contributed by atoms with Crippen LogP contribution in [0.1, 0.15) is 99.4 Å². The lowest BCUT2D eigenvalue weighted by atomic mass is 9.82. The summed E-state index contributed by atoms with van der Waals surface area (Å²) in [4.78, 5) is 0.214. The first kappa shape index (κ1) is 13.3. The van der Waals surface area contributed by atoms with Crippen LogP contribution in [0.15, 0.2) is 204 Å². The standard InChI is InChI=1S/C59H43NO/c1-59(2)54-26-14-13-24-48(54)49-30-28-44(35-55(49)59)60(56-27-15-21-40-20-9-10-22-46(40)56)45-29-31-50-53-37-52(47-23-11-12-25-51(47)58(53)61-57(50)36-45)43-33-41(38-16-5-3-6-17-38)32-42(34-43)39-18-7-4-8-19-39/h3,5-7,9-37H,4,8H2,1-2H3/i1D3,2D3,3D,4D,5D,6D,7D,8D,9D,10D,11D,12D,13D,14D,15D,16D,17D,18D,19D,20D,21D,22D,23D,24D,25D,26D,27D,28D,29D,30D,31D,32D,33D,34D,35D,36D,37D. The van der Waals surface area contributed by atoms with Crippen LogP contribution in [-0.4, -0.2) is 0 Å². The first-order valence-corrected chi connectivity index (χ1v) is 18.0. The molecule has 1 heterocycles. The predicted octanol–water partition coefficient (Wildman–Crippen LogP) is 16.7. The molecule has 0 N–H and O–H groups in total. The van der Waals surface area contributed by atoms with Gasteiger partial charge in [-0.3, -0.25) is 0 Å². The third kappa shape index (κ3) is 5.70. The van der Waals surface area contributed by atoms with Gasteiger partial charge in [0.2, 0.25) is 0 Å². The number of nitrogens with zero attached hydrogens (tertiary/aromatic N) is 1. The van der Waals surface area contributed by atoms with E-state index >= 15 is 0 Å². The summed E-state index contributed by atoms with van der Waals surface area (Å²) in [6.07, 6.45) is -3.97. The molecule has 0 fully saturated rings. The second-order valence-corrected chi connectivity index (χ2v) is 13.4. The highest BCUT2D eigenvalue weighted by Crippen LogP contribution is 2.51. The average molecular weight is 823 g/mol. The van der Waals surface area contributed by atoms with Crippen molar-refractivity contribution in [2.75, 3.05) is 4.90 Å². The van der Waals surface area contributed by atoms with Crippen LogP contribution in [0.3, 0.4) is 0 Å². The minimum atomic E-state index is -4.10. The van der Waals surface area contributed by atoms with E-state index < -0.39 is 348 Å². The number of allylic oxidation sites excluding steroid dienone is 4. The van der Waals surface area contributed by atoms with E-state index in [1.807, 2.05) is 0 Å². The molecule has 2 nitrogen and oxygen atoms in total. The lowest BCUT2D eigenvalue weighted by Crippen LogP contribution is -2.16. The highest BCUT2D eigenvalue weighted by atomic mass is 16.3. The Balaban J connectivity index is 1.33. The molecule has 10 aromatic rings. The van der Waals surface area contributed by atoms with Gasteiger partial charge in [0.15, 0.2) is 0 Å². The smallest absolute Gasteiger partial charge is 0.143 e. The summed E-state index contributed by atoms with van der Waals surface area (Å²) < 4.78 is 384. The van der Waals surface area contributed by atoms with Crippen molar-refractivity contribution in [1.29, 1.82) is 0 Å². The van der Waals surface area contributed by atoms with E-state index in [-0.39, 0.29) is 4.90 Å². The molecule has 0 saturated heterocycles. The second-order valence-electron chi connectivity index (χ2n) is 13.4. The minimum Gasteiger partial charge on any atom is -0.455 e. The van der Waals surface area contributed by atoms with Crippen LogP contribution in [0.25, 0.3) is 82.4 Å². The van der Waals surface area contributed by atoms with Gasteiger partial charge >= 0.3 is 0 Å². The largest absolute Gasteiger partial charge is 0.455 e. The zero-order chi connectivity index (χ0) is 76.1. The van der Waals surface area contributed by atoms with Gasteiger partial charge in [0.1, 0.15) is 11.2 Å². The van der Waals surface area contributed by atoms with Gasteiger partial charge in [-0.1, -0.05) is 153 Å². The zero-order valence-corrected chi connectivity index (χ0v) is 30.5. The third-order valence-electron chi connectivity index (χ3n) is 9.90. The van der Waals surface area contributed by atoms with Gasteiger partial charge in [-0.15, -0.1) is 0 Å². The first-order valence-electron chi connectivity index (χ1n) is 38.6. The summed E-state index contributed by atoms with van der Waals surface area (Å²) in [7, 11) is 0. The van der Waals surface area contributed by atoms with Crippen LogP contribution < -0.4 is 4.90 Å². The van der Waals surface area contributed by atoms with Crippen LogP contribution in [0.2, 0.25) is 0 Å². The number of furan rings is 1. The number of benzene rings is 9. The van der Waals surface area contributed by atoms with Crippen molar-refractivity contribution in [3.05, 3.63) is 216 Å². The summed E-state index contributed by atoms with van der Waals surface area (Å²) in [5.74, 6) is 0.